The first-order valence-corrected chi connectivity index (χ1v) is 13.9. The minimum absolute atomic E-state index is 0.0365. The minimum Gasteiger partial charge on any atom is -0.348 e. The smallest absolute Gasteiger partial charge is 0.264 e. The van der Waals surface area contributed by atoms with Crippen LogP contribution in [-0.4, -0.2) is 26.9 Å². The van der Waals surface area contributed by atoms with Gasteiger partial charge in [-0.1, -0.05) is 39.0 Å². The predicted octanol–water partition coefficient (Wildman–Crippen LogP) is 5.39. The van der Waals surface area contributed by atoms with Crippen LogP contribution in [0.3, 0.4) is 0 Å². The number of fused-ring (bicyclic) bond motifs is 3. The highest BCUT2D eigenvalue weighted by Crippen LogP contribution is 2.62. The molecule has 2 aromatic carbocycles. The number of carbonyl (C=O) groups is 1. The van der Waals surface area contributed by atoms with Crippen LogP contribution in [0.4, 0.5) is 5.69 Å². The van der Waals surface area contributed by atoms with Gasteiger partial charge in [-0.3, -0.25) is 9.10 Å². The molecule has 3 aliphatic rings. The van der Waals surface area contributed by atoms with Gasteiger partial charge in [0.1, 0.15) is 0 Å². The van der Waals surface area contributed by atoms with E-state index in [2.05, 4.69) is 26.1 Å². The molecular formula is C28H36N2O3S. The summed E-state index contributed by atoms with van der Waals surface area (Å²) in [5, 5.41) is 3.33. The van der Waals surface area contributed by atoms with Gasteiger partial charge in [0.05, 0.1) is 10.6 Å². The van der Waals surface area contributed by atoms with Crippen LogP contribution in [0.15, 0.2) is 41.3 Å². The quantitative estimate of drug-likeness (QED) is 0.638. The summed E-state index contributed by atoms with van der Waals surface area (Å²) in [5.74, 6) is 0.447. The summed E-state index contributed by atoms with van der Waals surface area (Å²) in [6, 6.07) is 11.2. The van der Waals surface area contributed by atoms with Crippen LogP contribution in [0.1, 0.15) is 73.5 Å². The van der Waals surface area contributed by atoms with E-state index in [1.807, 2.05) is 44.2 Å². The fraction of sp³-hybridized carbons (Fsp3) is 0.536. The molecule has 5 rings (SSSR count). The SMILES string of the molecule is Cc1cc(C(=O)NC2C3(C)CCC(C3)C2(C)C)cc(S(=O)(=O)N2CCCc3ccccc32)c1C. The molecule has 2 fully saturated rings. The highest BCUT2D eigenvalue weighted by atomic mass is 32.2. The molecule has 2 bridgehead atoms. The van der Waals surface area contributed by atoms with Crippen molar-refractivity contribution in [2.45, 2.75) is 77.7 Å². The summed E-state index contributed by atoms with van der Waals surface area (Å²) in [6.07, 6.45) is 5.16. The number of hydrogen-bond donors (Lipinski definition) is 1. The second-order valence-corrected chi connectivity index (χ2v) is 13.4. The van der Waals surface area contributed by atoms with Gasteiger partial charge < -0.3 is 5.32 Å². The number of rotatable bonds is 4. The molecule has 1 N–H and O–H groups in total. The van der Waals surface area contributed by atoms with Crippen LogP contribution in [0.5, 0.6) is 0 Å². The Balaban J connectivity index is 1.50. The molecular weight excluding hydrogens is 444 g/mol. The Kier molecular flexibility index (Phi) is 5.40. The molecule has 0 aromatic heterocycles. The molecule has 1 amide bonds. The first-order valence-electron chi connectivity index (χ1n) is 12.5. The molecule has 182 valence electrons. The molecule has 5 nitrogen and oxygen atoms in total. The zero-order valence-electron chi connectivity index (χ0n) is 20.9. The molecule has 2 aromatic rings. The molecule has 6 heteroatoms. The number of benzene rings is 2. The molecule has 0 spiro atoms. The van der Waals surface area contributed by atoms with Crippen molar-refractivity contribution in [3.05, 3.63) is 58.7 Å². The van der Waals surface area contributed by atoms with E-state index < -0.39 is 10.0 Å². The number of hydrogen-bond acceptors (Lipinski definition) is 3. The fourth-order valence-electron chi connectivity index (χ4n) is 6.97. The van der Waals surface area contributed by atoms with Gasteiger partial charge in [0.15, 0.2) is 0 Å². The van der Waals surface area contributed by atoms with Gasteiger partial charge in [-0.05, 0) is 97.6 Å². The van der Waals surface area contributed by atoms with Gasteiger partial charge in [-0.15, -0.1) is 0 Å². The number of aryl methyl sites for hydroxylation is 2. The third-order valence-corrected chi connectivity index (χ3v) is 11.0. The van der Waals surface area contributed by atoms with E-state index in [9.17, 15) is 13.2 Å². The van der Waals surface area contributed by atoms with Gasteiger partial charge in [0.2, 0.25) is 0 Å². The summed E-state index contributed by atoms with van der Waals surface area (Å²) >= 11 is 0. The number of carbonyl (C=O) groups excluding carboxylic acids is 1. The Labute approximate surface area is 204 Å². The number of nitrogens with zero attached hydrogens (tertiary/aromatic N) is 1. The number of sulfonamides is 1. The monoisotopic (exact) mass is 480 g/mol. The molecule has 1 aliphatic heterocycles. The zero-order valence-corrected chi connectivity index (χ0v) is 21.8. The molecule has 3 unspecified atom stereocenters. The standard InChI is InChI=1S/C28H36N2O3S/c1-18-15-21(25(31)29-26-27(3,4)22-12-13-28(26,5)17-22)16-24(19(18)2)34(32,33)30-14-8-10-20-9-6-7-11-23(20)30/h6-7,9,11,15-16,22,26H,8,10,12-14,17H2,1-5H3,(H,29,31). The second-order valence-electron chi connectivity index (χ2n) is 11.5. The maximum Gasteiger partial charge on any atom is 0.264 e. The lowest BCUT2D eigenvalue weighted by atomic mass is 9.68. The van der Waals surface area contributed by atoms with E-state index in [0.717, 1.165) is 42.5 Å². The average Bonchev–Trinajstić information content (AvgIpc) is 3.28. The van der Waals surface area contributed by atoms with Crippen LogP contribution in [0.2, 0.25) is 0 Å². The van der Waals surface area contributed by atoms with Crippen molar-refractivity contribution in [3.63, 3.8) is 0 Å². The Bertz CT molecular complexity index is 1260. The maximum absolute atomic E-state index is 13.9. The Morgan fingerprint density at radius 3 is 2.56 bits per heavy atom. The van der Waals surface area contributed by atoms with Gasteiger partial charge in [-0.2, -0.15) is 0 Å². The summed E-state index contributed by atoms with van der Waals surface area (Å²) in [4.78, 5) is 13.7. The van der Waals surface area contributed by atoms with Gasteiger partial charge >= 0.3 is 0 Å². The lowest BCUT2D eigenvalue weighted by molar-refractivity contribution is 0.0737. The Hall–Kier alpha value is -2.34. The summed E-state index contributed by atoms with van der Waals surface area (Å²) in [6.45, 7) is 11.0. The van der Waals surface area contributed by atoms with Crippen molar-refractivity contribution in [3.8, 4) is 0 Å². The van der Waals surface area contributed by atoms with Crippen molar-refractivity contribution < 1.29 is 13.2 Å². The van der Waals surface area contributed by atoms with Crippen molar-refractivity contribution in [2.75, 3.05) is 10.8 Å². The number of anilines is 1. The van der Waals surface area contributed by atoms with Crippen LogP contribution >= 0.6 is 0 Å². The Morgan fingerprint density at radius 1 is 1.12 bits per heavy atom. The summed E-state index contributed by atoms with van der Waals surface area (Å²) < 4.78 is 29.3. The molecule has 34 heavy (non-hydrogen) atoms. The fourth-order valence-corrected chi connectivity index (χ4v) is 8.84. The lowest BCUT2D eigenvalue weighted by Gasteiger charge is -2.43. The number of amides is 1. The van der Waals surface area contributed by atoms with E-state index in [4.69, 9.17) is 0 Å². The van der Waals surface area contributed by atoms with Crippen LogP contribution in [0.25, 0.3) is 0 Å². The van der Waals surface area contributed by atoms with Crippen molar-refractivity contribution in [1.29, 1.82) is 0 Å². The molecule has 0 saturated heterocycles. The molecule has 1 heterocycles. The van der Waals surface area contributed by atoms with Gasteiger partial charge in [0.25, 0.3) is 15.9 Å². The third-order valence-electron chi connectivity index (χ3n) is 9.06. The maximum atomic E-state index is 13.9. The molecule has 0 radical (unpaired) electrons. The zero-order chi connectivity index (χ0) is 24.5. The van der Waals surface area contributed by atoms with E-state index in [-0.39, 0.29) is 27.7 Å². The molecule has 2 aliphatic carbocycles. The second kappa shape index (κ2) is 7.84. The van der Waals surface area contributed by atoms with Crippen molar-refractivity contribution >= 4 is 21.6 Å². The van der Waals surface area contributed by atoms with Gasteiger partial charge in [-0.25, -0.2) is 8.42 Å². The molecule has 2 saturated carbocycles. The minimum atomic E-state index is -3.80. The number of para-hydroxylation sites is 1. The van der Waals surface area contributed by atoms with E-state index >= 15 is 0 Å². The highest BCUT2D eigenvalue weighted by molar-refractivity contribution is 7.92. The Morgan fingerprint density at radius 2 is 1.85 bits per heavy atom. The highest BCUT2D eigenvalue weighted by Gasteiger charge is 2.59. The van der Waals surface area contributed by atoms with Crippen molar-refractivity contribution in [1.82, 2.24) is 5.32 Å². The van der Waals surface area contributed by atoms with Crippen LogP contribution < -0.4 is 9.62 Å². The third kappa shape index (κ3) is 3.48. The summed E-state index contributed by atoms with van der Waals surface area (Å²) in [5.41, 5.74) is 3.88. The summed E-state index contributed by atoms with van der Waals surface area (Å²) in [7, 11) is -3.80. The number of nitrogens with one attached hydrogen (secondary N) is 1. The lowest BCUT2D eigenvalue weighted by Crippen LogP contribution is -2.52. The normalized spacial score (nSPS) is 27.5. The predicted molar refractivity (Wildman–Crippen MR) is 136 cm³/mol. The first kappa shape index (κ1) is 23.4. The van der Waals surface area contributed by atoms with Crippen LogP contribution in [-0.2, 0) is 16.4 Å². The largest absolute Gasteiger partial charge is 0.348 e. The van der Waals surface area contributed by atoms with E-state index in [0.29, 0.717) is 23.6 Å². The van der Waals surface area contributed by atoms with Crippen LogP contribution in [0, 0.1) is 30.6 Å². The first-order chi connectivity index (χ1) is 15.9. The van der Waals surface area contributed by atoms with Crippen molar-refractivity contribution in [2.24, 2.45) is 16.7 Å². The van der Waals surface area contributed by atoms with E-state index in [1.54, 1.807) is 6.07 Å². The topological polar surface area (TPSA) is 66.5 Å². The van der Waals surface area contributed by atoms with E-state index in [1.165, 1.54) is 10.7 Å². The average molecular weight is 481 g/mol. The van der Waals surface area contributed by atoms with Gasteiger partial charge in [0, 0.05) is 18.2 Å². The molecule has 3 atom stereocenters.